The van der Waals surface area contributed by atoms with Crippen LogP contribution in [0.3, 0.4) is 0 Å². The van der Waals surface area contributed by atoms with Gasteiger partial charge in [-0.25, -0.2) is 0 Å². The zero-order valence-corrected chi connectivity index (χ0v) is 12.9. The molecule has 0 spiro atoms. The second-order valence-electron chi connectivity index (χ2n) is 6.39. The summed E-state index contributed by atoms with van der Waals surface area (Å²) in [7, 11) is 0. The molecule has 0 bridgehead atoms. The number of nitrogens with zero attached hydrogens (tertiary/aromatic N) is 1. The van der Waals surface area contributed by atoms with E-state index in [2.05, 4.69) is 4.98 Å². The fourth-order valence-electron chi connectivity index (χ4n) is 3.57. The lowest BCUT2D eigenvalue weighted by atomic mass is 9.93. The van der Waals surface area contributed by atoms with Crippen LogP contribution in [0, 0.1) is 12.8 Å². The van der Waals surface area contributed by atoms with Gasteiger partial charge in [-0.2, -0.15) is 13.2 Å². The van der Waals surface area contributed by atoms with Crippen molar-refractivity contribution in [3.05, 3.63) is 22.5 Å². The lowest BCUT2D eigenvalue weighted by molar-refractivity contribution is -0.184. The summed E-state index contributed by atoms with van der Waals surface area (Å²) >= 11 is 0. The van der Waals surface area contributed by atoms with Crippen molar-refractivity contribution in [3.63, 3.8) is 0 Å². The first kappa shape index (κ1) is 16.1. The molecule has 2 aliphatic rings. The minimum atomic E-state index is -4.28. The van der Waals surface area contributed by atoms with Crippen LogP contribution in [0.15, 0.2) is 0 Å². The number of carbonyl (C=O) groups is 2. The number of ketones is 1. The van der Waals surface area contributed by atoms with Crippen molar-refractivity contribution in [2.45, 2.75) is 45.2 Å². The van der Waals surface area contributed by atoms with Crippen LogP contribution in [-0.2, 0) is 6.42 Å². The van der Waals surface area contributed by atoms with Crippen molar-refractivity contribution >= 4 is 11.7 Å². The summed E-state index contributed by atoms with van der Waals surface area (Å²) in [5, 5.41) is 0. The summed E-state index contributed by atoms with van der Waals surface area (Å²) in [5.74, 6) is -1.89. The number of hydrogen-bond donors (Lipinski definition) is 1. The normalized spacial score (nSPS) is 22.2. The third-order valence-electron chi connectivity index (χ3n) is 4.82. The SMILES string of the molecule is Cc1c(C(=O)N2CCC[C@H](C(F)(F)F)C2)[nH]c2c1C(=O)CCC2. The average Bonchev–Trinajstić information content (AvgIpc) is 2.84. The van der Waals surface area contributed by atoms with Crippen LogP contribution in [0.1, 0.15) is 57.8 Å². The third kappa shape index (κ3) is 2.88. The summed E-state index contributed by atoms with van der Waals surface area (Å²) in [6.07, 6.45) is -1.99. The van der Waals surface area contributed by atoms with Crippen molar-refractivity contribution in [2.24, 2.45) is 5.92 Å². The molecule has 1 saturated heterocycles. The Labute approximate surface area is 132 Å². The number of rotatable bonds is 1. The standard InChI is InChI=1S/C16H19F3N2O2/c1-9-13-11(5-2-6-12(13)22)20-14(9)15(23)21-7-3-4-10(8-21)16(17,18)19/h10,20H,2-8H2,1H3/t10-/m0/s1. The van der Waals surface area contributed by atoms with Gasteiger partial charge in [-0.05, 0) is 38.2 Å². The number of aromatic nitrogens is 1. The molecule has 2 heterocycles. The first-order valence-electron chi connectivity index (χ1n) is 7.89. The van der Waals surface area contributed by atoms with Gasteiger partial charge in [0, 0.05) is 30.8 Å². The number of Topliss-reactive ketones (excluding diaryl/α,β-unsaturated/α-hetero) is 1. The van der Waals surface area contributed by atoms with E-state index in [0.29, 0.717) is 36.9 Å². The Morgan fingerprint density at radius 2 is 2.00 bits per heavy atom. The number of piperidine rings is 1. The molecule has 3 rings (SSSR count). The van der Waals surface area contributed by atoms with Gasteiger partial charge in [0.2, 0.25) is 0 Å². The highest BCUT2D eigenvalue weighted by atomic mass is 19.4. The fraction of sp³-hybridized carbons (Fsp3) is 0.625. The maximum Gasteiger partial charge on any atom is 0.393 e. The number of carbonyl (C=O) groups excluding carboxylic acids is 2. The molecule has 1 aliphatic heterocycles. The lowest BCUT2D eigenvalue weighted by Gasteiger charge is -2.33. The topological polar surface area (TPSA) is 53.2 Å². The molecule has 1 aromatic heterocycles. The molecule has 1 aromatic rings. The smallest absolute Gasteiger partial charge is 0.354 e. The number of fused-ring (bicyclic) bond motifs is 1. The first-order chi connectivity index (χ1) is 10.8. The molecule has 0 unspecified atom stereocenters. The van der Waals surface area contributed by atoms with Crippen LogP contribution in [0.2, 0.25) is 0 Å². The maximum atomic E-state index is 12.9. The Bertz CT molecular complexity index is 648. The molecule has 126 valence electrons. The number of hydrogen-bond acceptors (Lipinski definition) is 2. The number of likely N-dealkylation sites (tertiary alicyclic amines) is 1. The molecule has 0 radical (unpaired) electrons. The van der Waals surface area contributed by atoms with E-state index in [1.807, 2.05) is 0 Å². The second-order valence-corrected chi connectivity index (χ2v) is 6.39. The van der Waals surface area contributed by atoms with Crippen LogP contribution in [0.25, 0.3) is 0 Å². The molecule has 0 saturated carbocycles. The van der Waals surface area contributed by atoms with Gasteiger partial charge in [0.1, 0.15) is 5.69 Å². The molecule has 4 nitrogen and oxygen atoms in total. The molecule has 1 atom stereocenters. The van der Waals surface area contributed by atoms with Gasteiger partial charge in [0.25, 0.3) is 5.91 Å². The number of amides is 1. The number of aryl methyl sites for hydroxylation is 1. The van der Waals surface area contributed by atoms with Crippen LogP contribution in [-0.4, -0.2) is 40.8 Å². The summed E-state index contributed by atoms with van der Waals surface area (Å²) in [4.78, 5) is 28.9. The molecule has 1 fully saturated rings. The van der Waals surface area contributed by atoms with E-state index in [-0.39, 0.29) is 24.4 Å². The predicted octanol–water partition coefficient (Wildman–Crippen LogP) is 3.26. The van der Waals surface area contributed by atoms with E-state index in [1.165, 1.54) is 4.90 Å². The van der Waals surface area contributed by atoms with E-state index >= 15 is 0 Å². The average molecular weight is 328 g/mol. The minimum Gasteiger partial charge on any atom is -0.354 e. The zero-order valence-electron chi connectivity index (χ0n) is 12.9. The highest BCUT2D eigenvalue weighted by molar-refractivity contribution is 6.04. The number of H-pyrrole nitrogens is 1. The molecule has 7 heteroatoms. The van der Waals surface area contributed by atoms with Crippen molar-refractivity contribution in [3.8, 4) is 0 Å². The van der Waals surface area contributed by atoms with E-state index in [0.717, 1.165) is 12.1 Å². The number of nitrogens with one attached hydrogen (secondary N) is 1. The Hall–Kier alpha value is -1.79. The number of aromatic amines is 1. The lowest BCUT2D eigenvalue weighted by Crippen LogP contribution is -2.44. The molecule has 1 amide bonds. The van der Waals surface area contributed by atoms with Gasteiger partial charge in [-0.3, -0.25) is 9.59 Å². The fourth-order valence-corrected chi connectivity index (χ4v) is 3.57. The summed E-state index contributed by atoms with van der Waals surface area (Å²) in [6, 6.07) is 0. The van der Waals surface area contributed by atoms with E-state index < -0.39 is 18.0 Å². The Morgan fingerprint density at radius 3 is 2.65 bits per heavy atom. The van der Waals surface area contributed by atoms with Crippen LogP contribution in [0.4, 0.5) is 13.2 Å². The van der Waals surface area contributed by atoms with Gasteiger partial charge in [-0.15, -0.1) is 0 Å². The van der Waals surface area contributed by atoms with Crippen LogP contribution < -0.4 is 0 Å². The molecule has 23 heavy (non-hydrogen) atoms. The van der Waals surface area contributed by atoms with E-state index in [4.69, 9.17) is 0 Å². The third-order valence-corrected chi connectivity index (χ3v) is 4.82. The molecular formula is C16H19F3N2O2. The van der Waals surface area contributed by atoms with Gasteiger partial charge in [0.15, 0.2) is 5.78 Å². The van der Waals surface area contributed by atoms with Crippen LogP contribution in [0.5, 0.6) is 0 Å². The van der Waals surface area contributed by atoms with Gasteiger partial charge >= 0.3 is 6.18 Å². The predicted molar refractivity (Wildman–Crippen MR) is 77.5 cm³/mol. The molecular weight excluding hydrogens is 309 g/mol. The summed E-state index contributed by atoms with van der Waals surface area (Å²) in [6.45, 7) is 1.71. The Morgan fingerprint density at radius 1 is 1.26 bits per heavy atom. The van der Waals surface area contributed by atoms with E-state index in [9.17, 15) is 22.8 Å². The summed E-state index contributed by atoms with van der Waals surface area (Å²) < 4.78 is 38.7. The monoisotopic (exact) mass is 328 g/mol. The van der Waals surface area contributed by atoms with Crippen molar-refractivity contribution in [2.75, 3.05) is 13.1 Å². The summed E-state index contributed by atoms with van der Waals surface area (Å²) in [5.41, 5.74) is 2.15. The van der Waals surface area contributed by atoms with Gasteiger partial charge < -0.3 is 9.88 Å². The van der Waals surface area contributed by atoms with Gasteiger partial charge in [-0.1, -0.05) is 0 Å². The molecule has 1 N–H and O–H groups in total. The molecule has 1 aliphatic carbocycles. The zero-order chi connectivity index (χ0) is 16.8. The first-order valence-corrected chi connectivity index (χ1v) is 7.89. The van der Waals surface area contributed by atoms with Crippen LogP contribution >= 0.6 is 0 Å². The number of halogens is 3. The Balaban J connectivity index is 1.85. The Kier molecular flexibility index (Phi) is 3.98. The minimum absolute atomic E-state index is 0.00543. The van der Waals surface area contributed by atoms with Crippen molar-refractivity contribution in [1.82, 2.24) is 9.88 Å². The van der Waals surface area contributed by atoms with Gasteiger partial charge in [0.05, 0.1) is 5.92 Å². The number of alkyl halides is 3. The highest BCUT2D eigenvalue weighted by Crippen LogP contribution is 2.34. The maximum absolute atomic E-state index is 12.9. The van der Waals surface area contributed by atoms with Crippen molar-refractivity contribution in [1.29, 1.82) is 0 Å². The highest BCUT2D eigenvalue weighted by Gasteiger charge is 2.43. The quantitative estimate of drug-likeness (QED) is 0.860. The molecule has 0 aromatic carbocycles. The second kappa shape index (κ2) is 5.69. The van der Waals surface area contributed by atoms with E-state index in [1.54, 1.807) is 6.92 Å². The largest absolute Gasteiger partial charge is 0.393 e. The van der Waals surface area contributed by atoms with Crippen molar-refractivity contribution < 1.29 is 22.8 Å².